The molecule has 1 heterocycles. The number of carboxylic acids is 1. The first-order chi connectivity index (χ1) is 19.4. The summed E-state index contributed by atoms with van der Waals surface area (Å²) in [5.41, 5.74) is 1.90. The number of aliphatic carboxylic acids is 1. The third-order valence-corrected chi connectivity index (χ3v) is 6.93. The molecule has 4 aromatic carbocycles. The van der Waals surface area contributed by atoms with Gasteiger partial charge in [0.2, 0.25) is 0 Å². The molecule has 0 saturated carbocycles. The van der Waals surface area contributed by atoms with Crippen LogP contribution in [0.2, 0.25) is 10.0 Å². The fourth-order valence-electron chi connectivity index (χ4n) is 4.38. The van der Waals surface area contributed by atoms with Crippen LogP contribution in [0.3, 0.4) is 0 Å². The van der Waals surface area contributed by atoms with E-state index in [0.29, 0.717) is 52.0 Å². The number of carbonyl (C=O) groups excluding carboxylic acids is 2. The topological polar surface area (TPSA) is 88.1 Å². The minimum absolute atomic E-state index is 0. The van der Waals surface area contributed by atoms with E-state index in [2.05, 4.69) is 0 Å². The van der Waals surface area contributed by atoms with Crippen molar-refractivity contribution in [1.82, 2.24) is 5.06 Å². The van der Waals surface area contributed by atoms with Gasteiger partial charge < -0.3 is 24.2 Å². The Balaban J connectivity index is 0.00000387. The summed E-state index contributed by atoms with van der Waals surface area (Å²) in [4.78, 5) is 30.9. The van der Waals surface area contributed by atoms with Crippen LogP contribution in [-0.4, -0.2) is 30.1 Å². The van der Waals surface area contributed by atoms with E-state index in [9.17, 15) is 14.7 Å². The molecule has 0 aliphatic carbocycles. The fourth-order valence-corrected chi connectivity index (χ4v) is 4.78. The summed E-state index contributed by atoms with van der Waals surface area (Å²) >= 11 is 12.6. The molecule has 0 N–H and O–H groups in total. The molecule has 41 heavy (non-hydrogen) atoms. The van der Waals surface area contributed by atoms with E-state index in [1.807, 2.05) is 30.3 Å². The molecule has 10 heteroatoms. The van der Waals surface area contributed by atoms with Crippen LogP contribution in [0.1, 0.15) is 33.8 Å². The van der Waals surface area contributed by atoms with Crippen LogP contribution in [0, 0.1) is 0 Å². The van der Waals surface area contributed by atoms with Crippen molar-refractivity contribution in [2.45, 2.75) is 18.8 Å². The van der Waals surface area contributed by atoms with Crippen LogP contribution in [-0.2, 0) is 11.2 Å². The number of benzene rings is 4. The Hall–Kier alpha value is -3.20. The van der Waals surface area contributed by atoms with Gasteiger partial charge in [-0.1, -0.05) is 65.7 Å². The minimum atomic E-state index is -1.14. The first kappa shape index (κ1) is 30.8. The summed E-state index contributed by atoms with van der Waals surface area (Å²) in [7, 11) is 0. The summed E-state index contributed by atoms with van der Waals surface area (Å²) in [5.74, 6) is -0.683. The maximum atomic E-state index is 13.5. The van der Waals surface area contributed by atoms with Gasteiger partial charge in [0.05, 0.1) is 18.2 Å². The number of hydrogen-bond donors (Lipinski definition) is 0. The van der Waals surface area contributed by atoms with Gasteiger partial charge in [0, 0.05) is 40.2 Å². The zero-order chi connectivity index (χ0) is 28.1. The molecule has 0 radical (unpaired) electrons. The van der Waals surface area contributed by atoms with Crippen molar-refractivity contribution < 1.29 is 58.6 Å². The predicted octanol–water partition coefficient (Wildman–Crippen LogP) is 3.08. The number of amides is 1. The Morgan fingerprint density at radius 3 is 2.46 bits per heavy atom. The summed E-state index contributed by atoms with van der Waals surface area (Å²) in [5, 5.41) is 13.4. The van der Waals surface area contributed by atoms with E-state index in [1.54, 1.807) is 54.6 Å². The second-order valence-corrected chi connectivity index (χ2v) is 9.99. The van der Waals surface area contributed by atoms with Gasteiger partial charge >= 0.3 is 29.6 Å². The van der Waals surface area contributed by atoms with Crippen molar-refractivity contribution in [1.29, 1.82) is 0 Å². The van der Waals surface area contributed by atoms with Gasteiger partial charge in [0.1, 0.15) is 17.2 Å². The molecule has 1 unspecified atom stereocenters. The third kappa shape index (κ3) is 7.76. The van der Waals surface area contributed by atoms with Crippen LogP contribution in [0.15, 0.2) is 91.0 Å². The van der Waals surface area contributed by atoms with Crippen LogP contribution in [0.25, 0.3) is 0 Å². The van der Waals surface area contributed by atoms with Crippen LogP contribution in [0.5, 0.6) is 23.0 Å². The van der Waals surface area contributed by atoms with E-state index in [1.165, 1.54) is 11.1 Å². The third-order valence-electron chi connectivity index (χ3n) is 6.40. The maximum Gasteiger partial charge on any atom is 1.00 e. The molecule has 7 nitrogen and oxygen atoms in total. The van der Waals surface area contributed by atoms with Gasteiger partial charge in [-0.2, -0.15) is 5.06 Å². The number of ether oxygens (including phenoxy) is 2. The van der Waals surface area contributed by atoms with E-state index in [0.717, 1.165) is 5.56 Å². The molecule has 4 aromatic rings. The number of rotatable bonds is 9. The Morgan fingerprint density at radius 1 is 0.927 bits per heavy atom. The minimum Gasteiger partial charge on any atom is -0.549 e. The van der Waals surface area contributed by atoms with E-state index in [-0.39, 0.29) is 53.6 Å². The zero-order valence-electron chi connectivity index (χ0n) is 22.2. The number of halogens is 2. The Morgan fingerprint density at radius 2 is 1.73 bits per heavy atom. The summed E-state index contributed by atoms with van der Waals surface area (Å²) in [6, 6.07) is 26.2. The van der Waals surface area contributed by atoms with Gasteiger partial charge in [0.15, 0.2) is 5.75 Å². The van der Waals surface area contributed by atoms with E-state index < -0.39 is 11.9 Å². The number of nitrogens with zero attached hydrogens (tertiary/aromatic N) is 1. The van der Waals surface area contributed by atoms with Crippen molar-refractivity contribution in [2.24, 2.45) is 0 Å². The molecule has 204 valence electrons. The summed E-state index contributed by atoms with van der Waals surface area (Å²) < 4.78 is 11.6. The van der Waals surface area contributed by atoms with Gasteiger partial charge in [-0.05, 0) is 54.8 Å². The monoisotopic (exact) mass is 599 g/mol. The fraction of sp³-hybridized carbons (Fsp3) is 0.161. The van der Waals surface area contributed by atoms with Crippen molar-refractivity contribution in [3.05, 3.63) is 118 Å². The molecule has 0 aromatic heterocycles. The molecule has 5 rings (SSSR count). The van der Waals surface area contributed by atoms with Gasteiger partial charge in [-0.3, -0.25) is 4.79 Å². The Labute approximate surface area is 269 Å². The predicted molar refractivity (Wildman–Crippen MR) is 149 cm³/mol. The molecular weight excluding hydrogens is 576 g/mol. The molecule has 0 spiro atoms. The molecule has 0 saturated heterocycles. The number of carbonyl (C=O) groups is 2. The SMILES string of the molecule is O=C([O-])C1CCOc2cc(Oc3ccc(C(=O)N(CCc4ccccc4)Oc4cccc(Cl)c4)cc3Cl)ccc21.[Na+]. The average molecular weight is 600 g/mol. The number of hydrogen-bond acceptors (Lipinski definition) is 6. The Kier molecular flexibility index (Phi) is 10.6. The second-order valence-electron chi connectivity index (χ2n) is 9.15. The normalized spacial score (nSPS) is 13.7. The van der Waals surface area contributed by atoms with Crippen LogP contribution >= 0.6 is 23.2 Å². The second kappa shape index (κ2) is 14.1. The van der Waals surface area contributed by atoms with Crippen molar-refractivity contribution in [2.75, 3.05) is 13.2 Å². The molecule has 1 atom stereocenters. The molecule has 1 amide bonds. The van der Waals surface area contributed by atoms with Crippen LogP contribution < -0.4 is 49.0 Å². The van der Waals surface area contributed by atoms with Gasteiger partial charge in [-0.15, -0.1) is 0 Å². The quantitative estimate of drug-likeness (QED) is 0.217. The van der Waals surface area contributed by atoms with Crippen LogP contribution in [0.4, 0.5) is 0 Å². The van der Waals surface area contributed by atoms with Crippen molar-refractivity contribution in [3.63, 3.8) is 0 Å². The summed E-state index contributed by atoms with van der Waals surface area (Å²) in [6.07, 6.45) is 0.918. The molecule has 0 fully saturated rings. The van der Waals surface area contributed by atoms with Crippen molar-refractivity contribution in [3.8, 4) is 23.0 Å². The maximum absolute atomic E-state index is 13.5. The smallest absolute Gasteiger partial charge is 0.549 e. The average Bonchev–Trinajstić information content (AvgIpc) is 2.96. The molecule has 0 bridgehead atoms. The molecular formula is C31H24Cl2NNaO6. The number of fused-ring (bicyclic) bond motifs is 1. The number of hydroxylamine groups is 2. The largest absolute Gasteiger partial charge is 1.00 e. The van der Waals surface area contributed by atoms with E-state index >= 15 is 0 Å². The Bertz CT molecular complexity index is 1530. The summed E-state index contributed by atoms with van der Waals surface area (Å²) in [6.45, 7) is 0.553. The number of carboxylic acid groups (broad SMARTS) is 1. The first-order valence-electron chi connectivity index (χ1n) is 12.6. The molecule has 1 aliphatic heterocycles. The standard InChI is InChI=1S/C31H25Cl2NO6.Na/c32-22-7-4-8-24(18-22)40-34(15-13-20-5-2-1-3-6-20)30(35)21-9-12-28(27(33)17-21)39-23-10-11-25-26(31(36)37)14-16-38-29(25)19-23;/h1-12,17-19,26H,13-16H2,(H,36,37);/q;+1/p-1. The molecule has 1 aliphatic rings. The van der Waals surface area contributed by atoms with Crippen molar-refractivity contribution >= 4 is 35.1 Å². The zero-order valence-corrected chi connectivity index (χ0v) is 25.7. The van der Waals surface area contributed by atoms with Gasteiger partial charge in [-0.25, -0.2) is 0 Å². The van der Waals surface area contributed by atoms with E-state index in [4.69, 9.17) is 37.5 Å². The first-order valence-corrected chi connectivity index (χ1v) is 13.4. The van der Waals surface area contributed by atoms with Gasteiger partial charge in [0.25, 0.3) is 5.91 Å².